The zero-order chi connectivity index (χ0) is 15.1. The van der Waals surface area contributed by atoms with E-state index in [4.69, 9.17) is 17.2 Å². The van der Waals surface area contributed by atoms with Gasteiger partial charge in [-0.25, -0.2) is 0 Å². The number of hydrogen-bond acceptors (Lipinski definition) is 5. The first-order valence-corrected chi connectivity index (χ1v) is 7.31. The lowest BCUT2D eigenvalue weighted by atomic mass is 9.83. The normalized spacial score (nSPS) is 18.0. The van der Waals surface area contributed by atoms with Gasteiger partial charge in [0.2, 0.25) is 0 Å². The highest BCUT2D eigenvalue weighted by atomic mass is 32.1. The van der Waals surface area contributed by atoms with Gasteiger partial charge in [-0.05, 0) is 18.3 Å². The molecule has 20 heavy (non-hydrogen) atoms. The third-order valence-electron chi connectivity index (χ3n) is 3.80. The maximum absolute atomic E-state index is 11.6. The minimum absolute atomic E-state index is 0.106. The molecule has 0 aromatic carbocycles. The highest BCUT2D eigenvalue weighted by Crippen LogP contribution is 2.41. The molecule has 1 aliphatic rings. The number of hydrogen-bond donors (Lipinski definition) is 3. The van der Waals surface area contributed by atoms with Gasteiger partial charge in [-0.3, -0.25) is 9.59 Å². The van der Waals surface area contributed by atoms with Crippen LogP contribution in [0.25, 0.3) is 0 Å². The Morgan fingerprint density at radius 1 is 1.15 bits per heavy atom. The van der Waals surface area contributed by atoms with Gasteiger partial charge in [0.05, 0.1) is 11.3 Å². The van der Waals surface area contributed by atoms with E-state index in [0.717, 1.165) is 37.3 Å². The lowest BCUT2D eigenvalue weighted by molar-refractivity contribution is 0.0999. The molecule has 1 aromatic heterocycles. The third kappa shape index (κ3) is 2.58. The number of nitrogen functional groups attached to an aromatic ring is 1. The molecule has 110 valence electrons. The lowest BCUT2D eigenvalue weighted by Gasteiger charge is -2.37. The number of primary amides is 2. The molecule has 0 saturated carbocycles. The number of carbonyl (C=O) groups excluding carboxylic acids is 2. The number of amides is 2. The van der Waals surface area contributed by atoms with Crippen molar-refractivity contribution in [2.45, 2.75) is 26.7 Å². The number of carbonyl (C=O) groups is 2. The molecule has 0 atom stereocenters. The average molecular weight is 296 g/mol. The predicted molar refractivity (Wildman–Crippen MR) is 81.0 cm³/mol. The smallest absolute Gasteiger partial charge is 0.260 e. The minimum Gasteiger partial charge on any atom is -0.397 e. The van der Waals surface area contributed by atoms with Crippen LogP contribution in [0.15, 0.2) is 0 Å². The minimum atomic E-state index is -0.626. The molecule has 7 heteroatoms. The summed E-state index contributed by atoms with van der Waals surface area (Å²) < 4.78 is 0. The summed E-state index contributed by atoms with van der Waals surface area (Å²) in [5, 5.41) is 0.666. The summed E-state index contributed by atoms with van der Waals surface area (Å²) in [6.07, 6.45) is 2.02. The Morgan fingerprint density at radius 3 is 2.15 bits per heavy atom. The van der Waals surface area contributed by atoms with Gasteiger partial charge >= 0.3 is 0 Å². The van der Waals surface area contributed by atoms with Crippen molar-refractivity contribution in [3.8, 4) is 0 Å². The Kier molecular flexibility index (Phi) is 3.64. The summed E-state index contributed by atoms with van der Waals surface area (Å²) in [4.78, 5) is 25.3. The standard InChI is InChI=1S/C13H20N4O2S/c1-13(2)3-5-17(6-4-13)12-7(10(15)18)8(14)9(20-12)11(16)19/h3-6,14H2,1-2H3,(H2,15,18)(H2,16,19). The van der Waals surface area contributed by atoms with Crippen LogP contribution in [0.4, 0.5) is 10.7 Å². The van der Waals surface area contributed by atoms with E-state index in [2.05, 4.69) is 18.7 Å². The first-order valence-electron chi connectivity index (χ1n) is 6.50. The van der Waals surface area contributed by atoms with Gasteiger partial charge in [0.1, 0.15) is 9.88 Å². The fraction of sp³-hybridized carbons (Fsp3) is 0.538. The van der Waals surface area contributed by atoms with E-state index in [1.165, 1.54) is 0 Å². The maximum Gasteiger partial charge on any atom is 0.260 e. The van der Waals surface area contributed by atoms with E-state index >= 15 is 0 Å². The van der Waals surface area contributed by atoms with Crippen LogP contribution in [0.3, 0.4) is 0 Å². The van der Waals surface area contributed by atoms with Crippen molar-refractivity contribution in [2.75, 3.05) is 23.7 Å². The number of rotatable bonds is 3. The molecule has 0 aliphatic carbocycles. The monoisotopic (exact) mass is 296 g/mol. The van der Waals surface area contributed by atoms with E-state index < -0.39 is 11.8 Å². The average Bonchev–Trinajstić information content (AvgIpc) is 2.67. The Labute approximate surface area is 121 Å². The van der Waals surface area contributed by atoms with Crippen LogP contribution in [0.1, 0.15) is 46.7 Å². The van der Waals surface area contributed by atoms with E-state index in [9.17, 15) is 9.59 Å². The molecule has 0 radical (unpaired) electrons. The lowest BCUT2D eigenvalue weighted by Crippen LogP contribution is -2.37. The van der Waals surface area contributed by atoms with Crippen molar-refractivity contribution in [3.63, 3.8) is 0 Å². The Balaban J connectivity index is 2.39. The van der Waals surface area contributed by atoms with Gasteiger partial charge in [-0.2, -0.15) is 0 Å². The molecule has 0 unspecified atom stereocenters. The molecular weight excluding hydrogens is 276 g/mol. The van der Waals surface area contributed by atoms with Gasteiger partial charge in [0.15, 0.2) is 0 Å². The summed E-state index contributed by atoms with van der Waals surface area (Å²) in [5.74, 6) is -1.25. The largest absolute Gasteiger partial charge is 0.397 e. The van der Waals surface area contributed by atoms with Gasteiger partial charge < -0.3 is 22.1 Å². The van der Waals surface area contributed by atoms with Gasteiger partial charge in [0, 0.05) is 13.1 Å². The summed E-state index contributed by atoms with van der Waals surface area (Å²) >= 11 is 1.15. The number of thiophene rings is 1. The molecule has 6 nitrogen and oxygen atoms in total. The second-order valence-electron chi connectivity index (χ2n) is 5.90. The fourth-order valence-corrected chi connectivity index (χ4v) is 3.52. The highest BCUT2D eigenvalue weighted by Gasteiger charge is 2.31. The molecule has 2 rings (SSSR count). The predicted octanol–water partition coefficient (Wildman–Crippen LogP) is 1.15. The van der Waals surface area contributed by atoms with Crippen molar-refractivity contribution in [1.82, 2.24) is 0 Å². The second-order valence-corrected chi connectivity index (χ2v) is 6.90. The van der Waals surface area contributed by atoms with Crippen molar-refractivity contribution in [2.24, 2.45) is 16.9 Å². The van der Waals surface area contributed by atoms with Gasteiger partial charge in [-0.15, -0.1) is 11.3 Å². The zero-order valence-corrected chi connectivity index (χ0v) is 12.5. The van der Waals surface area contributed by atoms with E-state index in [0.29, 0.717) is 10.4 Å². The van der Waals surface area contributed by atoms with Gasteiger partial charge in [0.25, 0.3) is 11.8 Å². The summed E-state index contributed by atoms with van der Waals surface area (Å²) in [7, 11) is 0. The van der Waals surface area contributed by atoms with Crippen molar-refractivity contribution in [1.29, 1.82) is 0 Å². The molecule has 1 aliphatic heterocycles. The molecular formula is C13H20N4O2S. The number of piperidine rings is 1. The maximum atomic E-state index is 11.6. The van der Waals surface area contributed by atoms with E-state index in [-0.39, 0.29) is 16.1 Å². The van der Waals surface area contributed by atoms with Crippen LogP contribution in [0.2, 0.25) is 0 Å². The summed E-state index contributed by atoms with van der Waals surface area (Å²) in [6, 6.07) is 0. The molecule has 1 fully saturated rings. The number of nitrogens with two attached hydrogens (primary N) is 3. The fourth-order valence-electron chi connectivity index (χ4n) is 2.39. The van der Waals surface area contributed by atoms with E-state index in [1.807, 2.05) is 0 Å². The Morgan fingerprint density at radius 2 is 1.70 bits per heavy atom. The molecule has 0 spiro atoms. The molecule has 1 aromatic rings. The third-order valence-corrected chi connectivity index (χ3v) is 5.08. The first kappa shape index (κ1) is 14.6. The molecule has 0 bridgehead atoms. The summed E-state index contributed by atoms with van der Waals surface area (Å²) in [6.45, 7) is 6.06. The van der Waals surface area contributed by atoms with Crippen molar-refractivity contribution in [3.05, 3.63) is 10.4 Å². The van der Waals surface area contributed by atoms with Crippen LogP contribution >= 0.6 is 11.3 Å². The molecule has 2 amide bonds. The summed E-state index contributed by atoms with van der Waals surface area (Å²) in [5.41, 5.74) is 17.2. The number of anilines is 2. The quantitative estimate of drug-likeness (QED) is 0.776. The van der Waals surface area contributed by atoms with Crippen LogP contribution in [0, 0.1) is 5.41 Å². The zero-order valence-electron chi connectivity index (χ0n) is 11.7. The van der Waals surface area contributed by atoms with E-state index in [1.54, 1.807) is 0 Å². The number of nitrogens with zero attached hydrogens (tertiary/aromatic N) is 1. The molecule has 2 heterocycles. The van der Waals surface area contributed by atoms with Gasteiger partial charge in [-0.1, -0.05) is 13.8 Å². The van der Waals surface area contributed by atoms with Crippen LogP contribution in [-0.4, -0.2) is 24.9 Å². The molecule has 6 N–H and O–H groups in total. The Hall–Kier alpha value is -1.76. The van der Waals surface area contributed by atoms with Crippen molar-refractivity contribution >= 4 is 33.8 Å². The van der Waals surface area contributed by atoms with Crippen molar-refractivity contribution < 1.29 is 9.59 Å². The van der Waals surface area contributed by atoms with Crippen LogP contribution in [0.5, 0.6) is 0 Å². The topological polar surface area (TPSA) is 115 Å². The van der Waals surface area contributed by atoms with Crippen LogP contribution < -0.4 is 22.1 Å². The second kappa shape index (κ2) is 4.97. The first-order chi connectivity index (χ1) is 9.23. The SMILES string of the molecule is CC1(C)CCN(c2sc(C(N)=O)c(N)c2C(N)=O)CC1. The highest BCUT2D eigenvalue weighted by molar-refractivity contribution is 7.19. The van der Waals surface area contributed by atoms with Crippen LogP contribution in [-0.2, 0) is 0 Å². The molecule has 1 saturated heterocycles. The Bertz CT molecular complexity index is 555.